The minimum atomic E-state index is -0.900. The van der Waals surface area contributed by atoms with Crippen molar-refractivity contribution in [2.75, 3.05) is 13.6 Å². The van der Waals surface area contributed by atoms with Gasteiger partial charge in [-0.05, 0) is 24.3 Å². The molecule has 2 aromatic rings. The Morgan fingerprint density at radius 2 is 1.76 bits per heavy atom. The summed E-state index contributed by atoms with van der Waals surface area (Å²) in [5.74, 6) is -3.68. The molecular weight excluding hydrogens is 357 g/mol. The summed E-state index contributed by atoms with van der Waals surface area (Å²) in [5, 5.41) is 2.44. The summed E-state index contributed by atoms with van der Waals surface area (Å²) in [4.78, 5) is 25.1. The van der Waals surface area contributed by atoms with Gasteiger partial charge < -0.3 is 10.2 Å². The van der Waals surface area contributed by atoms with E-state index in [0.717, 1.165) is 12.1 Å². The van der Waals surface area contributed by atoms with Crippen LogP contribution in [-0.4, -0.2) is 30.3 Å². The van der Waals surface area contributed by atoms with Crippen LogP contribution in [0.3, 0.4) is 0 Å². The van der Waals surface area contributed by atoms with E-state index in [9.17, 15) is 22.8 Å². The average Bonchev–Trinajstić information content (AvgIpc) is 2.54. The fourth-order valence-electron chi connectivity index (χ4n) is 2.09. The molecule has 0 atom stereocenters. The van der Waals surface area contributed by atoms with E-state index >= 15 is 0 Å². The predicted octanol–water partition coefficient (Wildman–Crippen LogP) is 3.15. The number of carbonyl (C=O) groups is 2. The standard InChI is InChI=1S/C17H14ClF3N2O2/c1-23(9-13-14(18)3-2-4-15(13)21)16(24)8-22-17(25)10-5-11(19)7-12(20)6-10/h2-7H,8-9H2,1H3,(H,22,25). The van der Waals surface area contributed by atoms with Crippen molar-refractivity contribution in [2.24, 2.45) is 0 Å². The maximum absolute atomic E-state index is 13.7. The molecule has 0 fully saturated rings. The van der Waals surface area contributed by atoms with E-state index in [-0.39, 0.29) is 22.7 Å². The fourth-order valence-corrected chi connectivity index (χ4v) is 2.31. The van der Waals surface area contributed by atoms with Crippen LogP contribution in [0.15, 0.2) is 36.4 Å². The summed E-state index contributed by atoms with van der Waals surface area (Å²) < 4.78 is 39.9. The van der Waals surface area contributed by atoms with Crippen LogP contribution in [-0.2, 0) is 11.3 Å². The molecule has 0 radical (unpaired) electrons. The highest BCUT2D eigenvalue weighted by Gasteiger charge is 2.16. The maximum atomic E-state index is 13.7. The number of nitrogens with one attached hydrogen (secondary N) is 1. The van der Waals surface area contributed by atoms with Crippen LogP contribution in [0.25, 0.3) is 0 Å². The van der Waals surface area contributed by atoms with Gasteiger partial charge in [0.2, 0.25) is 5.91 Å². The van der Waals surface area contributed by atoms with Crippen molar-refractivity contribution in [2.45, 2.75) is 6.54 Å². The monoisotopic (exact) mass is 370 g/mol. The van der Waals surface area contributed by atoms with E-state index in [4.69, 9.17) is 11.6 Å². The molecule has 0 unspecified atom stereocenters. The first-order chi connectivity index (χ1) is 11.8. The number of benzene rings is 2. The van der Waals surface area contributed by atoms with Crippen LogP contribution in [0, 0.1) is 17.5 Å². The van der Waals surface area contributed by atoms with Gasteiger partial charge in [-0.15, -0.1) is 0 Å². The molecular formula is C17H14ClF3N2O2. The number of hydrogen-bond acceptors (Lipinski definition) is 2. The summed E-state index contributed by atoms with van der Waals surface area (Å²) in [6.07, 6.45) is 0. The average molecular weight is 371 g/mol. The largest absolute Gasteiger partial charge is 0.343 e. The van der Waals surface area contributed by atoms with Gasteiger partial charge in [0.25, 0.3) is 5.91 Å². The number of carbonyl (C=O) groups excluding carboxylic acids is 2. The van der Waals surface area contributed by atoms with Crippen molar-refractivity contribution in [3.63, 3.8) is 0 Å². The molecule has 0 aliphatic heterocycles. The lowest BCUT2D eigenvalue weighted by Crippen LogP contribution is -2.38. The lowest BCUT2D eigenvalue weighted by Gasteiger charge is -2.18. The molecule has 0 bridgehead atoms. The molecule has 0 saturated carbocycles. The van der Waals surface area contributed by atoms with Gasteiger partial charge in [-0.1, -0.05) is 17.7 Å². The summed E-state index contributed by atoms with van der Waals surface area (Å²) in [7, 11) is 1.42. The molecule has 0 saturated heterocycles. The van der Waals surface area contributed by atoms with Crippen LogP contribution >= 0.6 is 11.6 Å². The zero-order chi connectivity index (χ0) is 18.6. The van der Waals surface area contributed by atoms with E-state index in [1.165, 1.54) is 30.1 Å². The molecule has 0 spiro atoms. The second-order valence-corrected chi connectivity index (χ2v) is 5.70. The summed E-state index contributed by atoms with van der Waals surface area (Å²) in [6, 6.07) is 6.50. The topological polar surface area (TPSA) is 49.4 Å². The van der Waals surface area contributed by atoms with E-state index < -0.39 is 35.8 Å². The van der Waals surface area contributed by atoms with Gasteiger partial charge in [-0.3, -0.25) is 9.59 Å². The minimum absolute atomic E-state index is 0.0885. The number of likely N-dealkylation sites (N-methyl/N-ethyl adjacent to an activating group) is 1. The highest BCUT2D eigenvalue weighted by molar-refractivity contribution is 6.31. The van der Waals surface area contributed by atoms with Crippen molar-refractivity contribution < 1.29 is 22.8 Å². The van der Waals surface area contributed by atoms with Gasteiger partial charge in [0, 0.05) is 35.8 Å². The van der Waals surface area contributed by atoms with E-state index in [1.807, 2.05) is 0 Å². The number of amides is 2. The molecule has 1 N–H and O–H groups in total. The molecule has 0 aromatic heterocycles. The molecule has 2 amide bonds. The molecule has 132 valence electrons. The van der Waals surface area contributed by atoms with Gasteiger partial charge in [-0.25, -0.2) is 13.2 Å². The Morgan fingerprint density at radius 1 is 1.12 bits per heavy atom. The van der Waals surface area contributed by atoms with Crippen LogP contribution in [0.1, 0.15) is 15.9 Å². The van der Waals surface area contributed by atoms with E-state index in [2.05, 4.69) is 5.32 Å². The fraction of sp³-hybridized carbons (Fsp3) is 0.176. The summed E-state index contributed by atoms with van der Waals surface area (Å²) in [6.45, 7) is -0.506. The third-order valence-corrected chi connectivity index (χ3v) is 3.76. The van der Waals surface area contributed by atoms with Gasteiger partial charge in [0.1, 0.15) is 17.5 Å². The highest BCUT2D eigenvalue weighted by Crippen LogP contribution is 2.20. The van der Waals surface area contributed by atoms with Gasteiger partial charge >= 0.3 is 0 Å². The Bertz CT molecular complexity index is 774. The minimum Gasteiger partial charge on any atom is -0.343 e. The van der Waals surface area contributed by atoms with Crippen LogP contribution < -0.4 is 5.32 Å². The number of halogens is 4. The maximum Gasteiger partial charge on any atom is 0.251 e. The molecule has 2 aromatic carbocycles. The lowest BCUT2D eigenvalue weighted by molar-refractivity contribution is -0.129. The summed E-state index contributed by atoms with van der Waals surface area (Å²) >= 11 is 5.90. The van der Waals surface area contributed by atoms with Gasteiger partial charge in [-0.2, -0.15) is 0 Å². The van der Waals surface area contributed by atoms with Crippen molar-refractivity contribution in [3.05, 3.63) is 70.0 Å². The second kappa shape index (κ2) is 8.02. The second-order valence-electron chi connectivity index (χ2n) is 5.29. The van der Waals surface area contributed by atoms with Crippen molar-refractivity contribution >= 4 is 23.4 Å². The lowest BCUT2D eigenvalue weighted by atomic mass is 10.2. The molecule has 0 aliphatic rings. The Balaban J connectivity index is 1.96. The first-order valence-electron chi connectivity index (χ1n) is 7.19. The Morgan fingerprint density at radius 3 is 2.36 bits per heavy atom. The van der Waals surface area contributed by atoms with E-state index in [1.54, 1.807) is 0 Å². The Labute approximate surface area is 147 Å². The SMILES string of the molecule is CN(Cc1c(F)cccc1Cl)C(=O)CNC(=O)c1cc(F)cc(F)c1. The molecule has 4 nitrogen and oxygen atoms in total. The predicted molar refractivity (Wildman–Crippen MR) is 86.6 cm³/mol. The quantitative estimate of drug-likeness (QED) is 0.879. The third-order valence-electron chi connectivity index (χ3n) is 3.41. The molecule has 0 heterocycles. The van der Waals surface area contributed by atoms with Crippen LogP contribution in [0.4, 0.5) is 13.2 Å². The molecule has 25 heavy (non-hydrogen) atoms. The summed E-state index contributed by atoms with van der Waals surface area (Å²) in [5.41, 5.74) is -0.0938. The van der Waals surface area contributed by atoms with Crippen molar-refractivity contribution in [3.8, 4) is 0 Å². The van der Waals surface area contributed by atoms with Gasteiger partial charge in [0.15, 0.2) is 0 Å². The third kappa shape index (κ3) is 4.96. The van der Waals surface area contributed by atoms with Crippen LogP contribution in [0.5, 0.6) is 0 Å². The normalized spacial score (nSPS) is 10.4. The number of rotatable bonds is 5. The van der Waals surface area contributed by atoms with Crippen molar-refractivity contribution in [1.82, 2.24) is 10.2 Å². The smallest absolute Gasteiger partial charge is 0.251 e. The Kier molecular flexibility index (Phi) is 6.03. The molecule has 8 heteroatoms. The number of nitrogens with zero attached hydrogens (tertiary/aromatic N) is 1. The number of hydrogen-bond donors (Lipinski definition) is 1. The Hall–Kier alpha value is -2.54. The van der Waals surface area contributed by atoms with E-state index in [0.29, 0.717) is 6.07 Å². The molecule has 0 aliphatic carbocycles. The van der Waals surface area contributed by atoms with Crippen molar-refractivity contribution in [1.29, 1.82) is 0 Å². The van der Waals surface area contributed by atoms with Crippen LogP contribution in [0.2, 0.25) is 5.02 Å². The first kappa shape index (κ1) is 18.8. The molecule has 2 rings (SSSR count). The highest BCUT2D eigenvalue weighted by atomic mass is 35.5. The zero-order valence-electron chi connectivity index (χ0n) is 13.2. The first-order valence-corrected chi connectivity index (χ1v) is 7.57. The van der Waals surface area contributed by atoms with Gasteiger partial charge in [0.05, 0.1) is 6.54 Å². The zero-order valence-corrected chi connectivity index (χ0v) is 13.9.